The Morgan fingerprint density at radius 2 is 1.43 bits per heavy atom. The lowest BCUT2D eigenvalue weighted by molar-refractivity contribution is -0.0334. The van der Waals surface area contributed by atoms with Gasteiger partial charge in [0.1, 0.15) is 0 Å². The van der Waals surface area contributed by atoms with Gasteiger partial charge in [0.15, 0.2) is 0 Å². The fourth-order valence-electron chi connectivity index (χ4n) is 1.05. The molecule has 0 atom stereocenters. The minimum Gasteiger partial charge on any atom is -0.377 e. The molecule has 0 bridgehead atoms. The second-order valence-corrected chi connectivity index (χ2v) is 2.91. The molecule has 0 spiro atoms. The SMILES string of the molecule is C1COCCO1.NCc1ccccc1. The number of rotatable bonds is 1. The maximum Gasteiger partial charge on any atom is 0.0701 e. The van der Waals surface area contributed by atoms with Crippen LogP contribution in [0.15, 0.2) is 30.3 Å². The minimum absolute atomic E-state index is 0.640. The maximum atomic E-state index is 5.35. The van der Waals surface area contributed by atoms with Gasteiger partial charge >= 0.3 is 0 Å². The number of ether oxygens (including phenoxy) is 2. The summed E-state index contributed by atoms with van der Waals surface area (Å²) < 4.78 is 9.89. The Kier molecular flexibility index (Phi) is 5.99. The first kappa shape index (κ1) is 11.2. The van der Waals surface area contributed by atoms with Crippen molar-refractivity contribution in [3.05, 3.63) is 35.9 Å². The summed E-state index contributed by atoms with van der Waals surface area (Å²) in [6.07, 6.45) is 0. The molecule has 0 saturated carbocycles. The van der Waals surface area contributed by atoms with Gasteiger partial charge in [0, 0.05) is 6.54 Å². The van der Waals surface area contributed by atoms with Crippen molar-refractivity contribution >= 4 is 0 Å². The first-order valence-corrected chi connectivity index (χ1v) is 4.83. The van der Waals surface area contributed by atoms with Crippen molar-refractivity contribution in [1.82, 2.24) is 0 Å². The predicted octanol–water partition coefficient (Wildman–Crippen LogP) is 1.18. The smallest absolute Gasteiger partial charge is 0.0701 e. The van der Waals surface area contributed by atoms with Gasteiger partial charge in [-0.3, -0.25) is 0 Å². The van der Waals surface area contributed by atoms with Crippen molar-refractivity contribution in [2.75, 3.05) is 26.4 Å². The molecule has 0 radical (unpaired) electrons. The molecule has 2 rings (SSSR count). The zero-order chi connectivity index (χ0) is 10.1. The molecule has 1 aromatic carbocycles. The van der Waals surface area contributed by atoms with E-state index in [1.807, 2.05) is 30.3 Å². The van der Waals surface area contributed by atoms with Gasteiger partial charge in [-0.25, -0.2) is 0 Å². The van der Waals surface area contributed by atoms with Gasteiger partial charge in [0.05, 0.1) is 26.4 Å². The van der Waals surface area contributed by atoms with Gasteiger partial charge in [-0.15, -0.1) is 0 Å². The zero-order valence-corrected chi connectivity index (χ0v) is 8.32. The number of nitrogens with two attached hydrogens (primary N) is 1. The molecule has 1 aromatic rings. The summed E-state index contributed by atoms with van der Waals surface area (Å²) in [7, 11) is 0. The van der Waals surface area contributed by atoms with Crippen LogP contribution in [-0.2, 0) is 16.0 Å². The van der Waals surface area contributed by atoms with Crippen molar-refractivity contribution in [3.63, 3.8) is 0 Å². The lowest BCUT2D eigenvalue weighted by Gasteiger charge is -2.09. The van der Waals surface area contributed by atoms with Crippen molar-refractivity contribution in [2.45, 2.75) is 6.54 Å². The number of benzene rings is 1. The predicted molar refractivity (Wildman–Crippen MR) is 56.0 cm³/mol. The van der Waals surface area contributed by atoms with E-state index in [0.29, 0.717) is 6.54 Å². The fraction of sp³-hybridized carbons (Fsp3) is 0.455. The molecule has 1 fully saturated rings. The molecule has 1 heterocycles. The van der Waals surface area contributed by atoms with Crippen LogP contribution in [0.1, 0.15) is 5.56 Å². The van der Waals surface area contributed by atoms with Crippen LogP contribution >= 0.6 is 0 Å². The fourth-order valence-corrected chi connectivity index (χ4v) is 1.05. The van der Waals surface area contributed by atoms with Gasteiger partial charge in [-0.1, -0.05) is 30.3 Å². The summed E-state index contributed by atoms with van der Waals surface area (Å²) in [5.74, 6) is 0. The van der Waals surface area contributed by atoms with Crippen LogP contribution in [-0.4, -0.2) is 26.4 Å². The summed E-state index contributed by atoms with van der Waals surface area (Å²) in [5.41, 5.74) is 6.54. The third kappa shape index (κ3) is 4.97. The normalized spacial score (nSPS) is 15.5. The first-order chi connectivity index (χ1) is 6.93. The molecule has 0 aliphatic carbocycles. The molecule has 1 saturated heterocycles. The molecule has 3 heteroatoms. The van der Waals surface area contributed by atoms with Crippen molar-refractivity contribution in [1.29, 1.82) is 0 Å². The van der Waals surface area contributed by atoms with Crippen molar-refractivity contribution in [2.24, 2.45) is 5.73 Å². The monoisotopic (exact) mass is 195 g/mol. The van der Waals surface area contributed by atoms with Gasteiger partial charge < -0.3 is 15.2 Å². The van der Waals surface area contributed by atoms with Gasteiger partial charge in [0.25, 0.3) is 0 Å². The molecule has 0 unspecified atom stereocenters. The molecule has 0 amide bonds. The molecule has 3 nitrogen and oxygen atoms in total. The van der Waals surface area contributed by atoms with Gasteiger partial charge in [-0.2, -0.15) is 0 Å². The van der Waals surface area contributed by atoms with Crippen molar-refractivity contribution < 1.29 is 9.47 Å². The van der Waals surface area contributed by atoms with E-state index < -0.39 is 0 Å². The van der Waals surface area contributed by atoms with E-state index in [-0.39, 0.29) is 0 Å². The Morgan fingerprint density at radius 1 is 0.929 bits per heavy atom. The molecule has 14 heavy (non-hydrogen) atoms. The maximum absolute atomic E-state index is 5.35. The Hall–Kier alpha value is -0.900. The van der Waals surface area contributed by atoms with Crippen LogP contribution < -0.4 is 5.73 Å². The summed E-state index contributed by atoms with van der Waals surface area (Å²) in [5, 5.41) is 0. The zero-order valence-electron chi connectivity index (χ0n) is 8.32. The van der Waals surface area contributed by atoms with Crippen LogP contribution in [0.2, 0.25) is 0 Å². The highest BCUT2D eigenvalue weighted by molar-refractivity contribution is 5.13. The second kappa shape index (κ2) is 7.50. The lowest BCUT2D eigenvalue weighted by atomic mass is 10.2. The van der Waals surface area contributed by atoms with Crippen LogP contribution in [0.25, 0.3) is 0 Å². The van der Waals surface area contributed by atoms with E-state index in [2.05, 4.69) is 0 Å². The second-order valence-electron chi connectivity index (χ2n) is 2.91. The Labute approximate surface area is 84.8 Å². The minimum atomic E-state index is 0.640. The quantitative estimate of drug-likeness (QED) is 0.731. The molecule has 1 aliphatic heterocycles. The van der Waals surface area contributed by atoms with E-state index in [0.717, 1.165) is 26.4 Å². The summed E-state index contributed by atoms with van der Waals surface area (Å²) >= 11 is 0. The van der Waals surface area contributed by atoms with E-state index in [9.17, 15) is 0 Å². The van der Waals surface area contributed by atoms with Crippen molar-refractivity contribution in [3.8, 4) is 0 Å². The molecule has 78 valence electrons. The summed E-state index contributed by atoms with van der Waals surface area (Å²) in [4.78, 5) is 0. The first-order valence-electron chi connectivity index (χ1n) is 4.83. The number of hydrogen-bond acceptors (Lipinski definition) is 3. The average molecular weight is 195 g/mol. The molecule has 0 aromatic heterocycles. The topological polar surface area (TPSA) is 44.5 Å². The largest absolute Gasteiger partial charge is 0.377 e. The van der Waals surface area contributed by atoms with E-state index >= 15 is 0 Å². The van der Waals surface area contributed by atoms with Gasteiger partial charge in [0.2, 0.25) is 0 Å². The van der Waals surface area contributed by atoms with Gasteiger partial charge in [-0.05, 0) is 5.56 Å². The standard InChI is InChI=1S/C7H9N.C4H8O2/c8-6-7-4-2-1-3-5-7;1-2-6-4-3-5-1/h1-5H,6,8H2;1-4H2. The third-order valence-electron chi connectivity index (χ3n) is 1.82. The number of hydrogen-bond donors (Lipinski definition) is 1. The van der Waals surface area contributed by atoms with E-state index in [4.69, 9.17) is 15.2 Å². The molecular weight excluding hydrogens is 178 g/mol. The van der Waals surface area contributed by atoms with E-state index in [1.54, 1.807) is 0 Å². The lowest BCUT2D eigenvalue weighted by Crippen LogP contribution is -2.16. The highest BCUT2D eigenvalue weighted by atomic mass is 16.6. The van der Waals surface area contributed by atoms with E-state index in [1.165, 1.54) is 5.56 Å². The average Bonchev–Trinajstić information content (AvgIpc) is 2.33. The highest BCUT2D eigenvalue weighted by Crippen LogP contribution is 1.94. The van der Waals surface area contributed by atoms with Crippen LogP contribution in [0.5, 0.6) is 0 Å². The Bertz CT molecular complexity index is 210. The summed E-state index contributed by atoms with van der Waals surface area (Å²) in [6.45, 7) is 3.75. The molecular formula is C11H17NO2. The van der Waals surface area contributed by atoms with Crippen LogP contribution in [0.4, 0.5) is 0 Å². The van der Waals surface area contributed by atoms with Crippen LogP contribution in [0, 0.1) is 0 Å². The Balaban J connectivity index is 0.000000146. The molecule has 1 aliphatic rings. The van der Waals surface area contributed by atoms with Crippen LogP contribution in [0.3, 0.4) is 0 Å². The molecule has 2 N–H and O–H groups in total. The Morgan fingerprint density at radius 3 is 1.71 bits per heavy atom. The summed E-state index contributed by atoms with van der Waals surface area (Å²) in [6, 6.07) is 9.99. The highest BCUT2D eigenvalue weighted by Gasteiger charge is 1.94. The third-order valence-corrected chi connectivity index (χ3v) is 1.82.